The molecule has 1 heterocycles. The van der Waals surface area contributed by atoms with Gasteiger partial charge in [0.1, 0.15) is 0 Å². The molecule has 3 nitrogen and oxygen atoms in total. The fourth-order valence-electron chi connectivity index (χ4n) is 1.84. The first-order chi connectivity index (χ1) is 7.41. The lowest BCUT2D eigenvalue weighted by atomic mass is 9.82. The topological polar surface area (TPSA) is 41.5 Å². The Bertz CT molecular complexity index is 492. The maximum absolute atomic E-state index is 11.0. The molecule has 1 aromatic carbocycles. The molecule has 4 heteroatoms. The van der Waals surface area contributed by atoms with E-state index in [0.717, 1.165) is 17.1 Å². The average molecular weight is 328 g/mol. The van der Waals surface area contributed by atoms with Crippen LogP contribution in [0.5, 0.6) is 0 Å². The minimum absolute atomic E-state index is 0.0403. The summed E-state index contributed by atoms with van der Waals surface area (Å²) in [7, 11) is 0. The van der Waals surface area contributed by atoms with E-state index in [1.165, 1.54) is 5.56 Å². The van der Waals surface area contributed by atoms with Crippen LogP contribution in [0.25, 0.3) is 0 Å². The molecule has 0 atom stereocenters. The van der Waals surface area contributed by atoms with Crippen molar-refractivity contribution >= 4 is 43.6 Å². The SMILES string of the molecule is CC1=Nc2ccc(NC(=O)I)cc2C1(C)C. The summed E-state index contributed by atoms with van der Waals surface area (Å²) in [6, 6.07) is 5.84. The van der Waals surface area contributed by atoms with Crippen LogP contribution in [0.15, 0.2) is 23.2 Å². The third kappa shape index (κ3) is 1.86. The molecule has 0 radical (unpaired) electrons. The van der Waals surface area contributed by atoms with Gasteiger partial charge in [-0.3, -0.25) is 9.79 Å². The third-order valence-electron chi connectivity index (χ3n) is 3.11. The molecule has 0 saturated heterocycles. The van der Waals surface area contributed by atoms with E-state index in [-0.39, 0.29) is 9.33 Å². The number of nitrogens with zero attached hydrogens (tertiary/aromatic N) is 1. The van der Waals surface area contributed by atoms with Gasteiger partial charge in [-0.15, -0.1) is 0 Å². The molecule has 1 aliphatic rings. The smallest absolute Gasteiger partial charge is 0.284 e. The van der Waals surface area contributed by atoms with Gasteiger partial charge in [0, 0.05) is 39.4 Å². The lowest BCUT2D eigenvalue weighted by molar-refractivity contribution is 0.272. The first-order valence-corrected chi connectivity index (χ1v) is 6.16. The van der Waals surface area contributed by atoms with Crippen LogP contribution in [0.4, 0.5) is 16.2 Å². The van der Waals surface area contributed by atoms with Crippen LogP contribution < -0.4 is 5.32 Å². The lowest BCUT2D eigenvalue weighted by Crippen LogP contribution is -2.22. The maximum atomic E-state index is 11.0. The predicted octanol–water partition coefficient (Wildman–Crippen LogP) is 4.04. The molecule has 1 amide bonds. The van der Waals surface area contributed by atoms with Crippen LogP contribution in [0, 0.1) is 0 Å². The van der Waals surface area contributed by atoms with Crippen LogP contribution in [0.1, 0.15) is 26.3 Å². The summed E-state index contributed by atoms with van der Waals surface area (Å²) >= 11 is 1.73. The molecule has 0 saturated carbocycles. The molecule has 16 heavy (non-hydrogen) atoms. The van der Waals surface area contributed by atoms with Crippen LogP contribution >= 0.6 is 22.6 Å². The number of hydrogen-bond donors (Lipinski definition) is 1. The Morgan fingerprint density at radius 3 is 2.75 bits per heavy atom. The summed E-state index contributed by atoms with van der Waals surface area (Å²) in [6.45, 7) is 6.33. The van der Waals surface area contributed by atoms with Crippen molar-refractivity contribution in [2.24, 2.45) is 4.99 Å². The van der Waals surface area contributed by atoms with Crippen molar-refractivity contribution in [1.82, 2.24) is 0 Å². The van der Waals surface area contributed by atoms with Gasteiger partial charge >= 0.3 is 0 Å². The van der Waals surface area contributed by atoms with Gasteiger partial charge in [-0.25, -0.2) is 0 Å². The number of rotatable bonds is 1. The molecular weight excluding hydrogens is 315 g/mol. The Hall–Kier alpha value is -0.910. The zero-order valence-corrected chi connectivity index (χ0v) is 11.6. The molecule has 1 aliphatic heterocycles. The van der Waals surface area contributed by atoms with Crippen LogP contribution in [0.3, 0.4) is 0 Å². The van der Waals surface area contributed by atoms with E-state index in [0.29, 0.717) is 0 Å². The average Bonchev–Trinajstić information content (AvgIpc) is 2.39. The van der Waals surface area contributed by atoms with E-state index in [2.05, 4.69) is 24.2 Å². The highest BCUT2D eigenvalue weighted by atomic mass is 127. The van der Waals surface area contributed by atoms with Crippen LogP contribution in [-0.4, -0.2) is 9.63 Å². The minimum Gasteiger partial charge on any atom is -0.317 e. The number of carbonyl (C=O) groups is 1. The Balaban J connectivity index is 2.44. The molecule has 1 aromatic rings. The van der Waals surface area contributed by atoms with Crippen molar-refractivity contribution in [3.63, 3.8) is 0 Å². The second kappa shape index (κ2) is 3.84. The van der Waals surface area contributed by atoms with Gasteiger partial charge in [0.15, 0.2) is 0 Å². The highest BCUT2D eigenvalue weighted by Gasteiger charge is 2.32. The van der Waals surface area contributed by atoms with E-state index < -0.39 is 0 Å². The molecular formula is C12H13IN2O. The quantitative estimate of drug-likeness (QED) is 0.472. The minimum atomic E-state index is -0.0778. The number of amides is 1. The number of carbonyl (C=O) groups excluding carboxylic acids is 1. The van der Waals surface area contributed by atoms with Crippen molar-refractivity contribution < 1.29 is 4.79 Å². The Kier molecular flexibility index (Phi) is 2.77. The molecule has 2 rings (SSSR count). The van der Waals surface area contributed by atoms with Gasteiger partial charge in [0.2, 0.25) is 0 Å². The van der Waals surface area contributed by atoms with E-state index in [4.69, 9.17) is 0 Å². The normalized spacial score (nSPS) is 16.6. The van der Waals surface area contributed by atoms with Crippen molar-refractivity contribution in [2.45, 2.75) is 26.2 Å². The third-order valence-corrected chi connectivity index (χ3v) is 3.37. The number of benzene rings is 1. The molecule has 0 spiro atoms. The molecule has 0 aliphatic carbocycles. The van der Waals surface area contributed by atoms with Gasteiger partial charge in [-0.2, -0.15) is 0 Å². The summed E-state index contributed by atoms with van der Waals surface area (Å²) < 4.78 is -0.0778. The van der Waals surface area contributed by atoms with E-state index >= 15 is 0 Å². The van der Waals surface area contributed by atoms with Crippen LogP contribution in [-0.2, 0) is 5.41 Å². The first-order valence-electron chi connectivity index (χ1n) is 5.08. The first kappa shape index (κ1) is 11.6. The predicted molar refractivity (Wildman–Crippen MR) is 75.3 cm³/mol. The number of halogens is 1. The largest absolute Gasteiger partial charge is 0.317 e. The van der Waals surface area contributed by atoms with E-state index in [1.807, 2.05) is 25.1 Å². The number of aliphatic imine (C=N–C) groups is 1. The summed E-state index contributed by atoms with van der Waals surface area (Å²) in [5.41, 5.74) is 4.08. The Labute approximate surface area is 108 Å². The standard InChI is InChI=1S/C12H13IN2O/c1-7-12(2,3)9-6-8(15-11(13)16)4-5-10(9)14-7/h4-6H,1-3H3,(H,15,16). The van der Waals surface area contributed by atoms with Crippen molar-refractivity contribution in [3.05, 3.63) is 23.8 Å². The lowest BCUT2D eigenvalue weighted by Gasteiger charge is -2.20. The van der Waals surface area contributed by atoms with Gasteiger partial charge < -0.3 is 5.32 Å². The monoisotopic (exact) mass is 328 g/mol. The fraction of sp³-hybridized carbons (Fsp3) is 0.333. The molecule has 0 bridgehead atoms. The van der Waals surface area contributed by atoms with Gasteiger partial charge in [0.25, 0.3) is 3.91 Å². The van der Waals surface area contributed by atoms with E-state index in [1.54, 1.807) is 22.6 Å². The number of nitrogens with one attached hydrogen (secondary N) is 1. The molecule has 84 valence electrons. The number of anilines is 1. The van der Waals surface area contributed by atoms with Gasteiger partial charge in [-0.05, 0) is 30.7 Å². The fourth-order valence-corrected chi connectivity index (χ4v) is 2.15. The molecule has 0 fully saturated rings. The summed E-state index contributed by atoms with van der Waals surface area (Å²) in [6.07, 6.45) is 0. The molecule has 0 aromatic heterocycles. The number of fused-ring (bicyclic) bond motifs is 1. The van der Waals surface area contributed by atoms with Crippen molar-refractivity contribution in [3.8, 4) is 0 Å². The van der Waals surface area contributed by atoms with Crippen molar-refractivity contribution in [1.29, 1.82) is 0 Å². The van der Waals surface area contributed by atoms with Crippen LogP contribution in [0.2, 0.25) is 0 Å². The van der Waals surface area contributed by atoms with Gasteiger partial charge in [-0.1, -0.05) is 13.8 Å². The summed E-state index contributed by atoms with van der Waals surface area (Å²) in [5.74, 6) is 0. The zero-order chi connectivity index (χ0) is 11.9. The highest BCUT2D eigenvalue weighted by Crippen LogP contribution is 2.41. The number of hydrogen-bond acceptors (Lipinski definition) is 2. The maximum Gasteiger partial charge on any atom is 0.284 e. The summed E-state index contributed by atoms with van der Waals surface area (Å²) in [4.78, 5) is 15.5. The Morgan fingerprint density at radius 1 is 1.44 bits per heavy atom. The summed E-state index contributed by atoms with van der Waals surface area (Å²) in [5, 5.41) is 2.78. The highest BCUT2D eigenvalue weighted by molar-refractivity contribution is 14.1. The Morgan fingerprint density at radius 2 is 2.12 bits per heavy atom. The van der Waals surface area contributed by atoms with E-state index in [9.17, 15) is 4.79 Å². The zero-order valence-electron chi connectivity index (χ0n) is 9.47. The molecule has 1 N–H and O–H groups in total. The van der Waals surface area contributed by atoms with Crippen molar-refractivity contribution in [2.75, 3.05) is 5.32 Å². The van der Waals surface area contributed by atoms with Gasteiger partial charge in [0.05, 0.1) is 5.69 Å². The second-order valence-corrected chi connectivity index (χ2v) is 5.43. The molecule has 0 unspecified atom stereocenters. The second-order valence-electron chi connectivity index (χ2n) is 4.45.